The summed E-state index contributed by atoms with van der Waals surface area (Å²) < 4.78 is 55.9. The molecule has 8 nitrogen and oxygen atoms in total. The molecule has 13 heteroatoms. The minimum absolute atomic E-state index is 0.0412. The lowest BCUT2D eigenvalue weighted by Crippen LogP contribution is -2.36. The molecule has 33 heavy (non-hydrogen) atoms. The Hall–Kier alpha value is -2.86. The average Bonchev–Trinajstić information content (AvgIpc) is 3.06. The molecule has 3 rings (SSSR count). The molecule has 2 aliphatic rings. The van der Waals surface area contributed by atoms with E-state index in [1.54, 1.807) is 0 Å². The number of carbonyl (C=O) groups excluding carboxylic acids is 2. The average molecular weight is 493 g/mol. The molecule has 2 amide bonds. The van der Waals surface area contributed by atoms with Crippen LogP contribution in [0.25, 0.3) is 0 Å². The third kappa shape index (κ3) is 5.38. The zero-order valence-electron chi connectivity index (χ0n) is 17.5. The minimum Gasteiger partial charge on any atom is -0.471 e. The summed E-state index contributed by atoms with van der Waals surface area (Å²) in [6.45, 7) is -1.36. The fourth-order valence-electron chi connectivity index (χ4n) is 3.46. The van der Waals surface area contributed by atoms with Gasteiger partial charge in [0.1, 0.15) is 10.7 Å². The summed E-state index contributed by atoms with van der Waals surface area (Å²) in [5, 5.41) is 11.3. The van der Waals surface area contributed by atoms with Gasteiger partial charge in [-0.25, -0.2) is 8.78 Å². The van der Waals surface area contributed by atoms with E-state index in [4.69, 9.17) is 21.4 Å². The molecule has 1 aromatic heterocycles. The van der Waals surface area contributed by atoms with Gasteiger partial charge in [0.05, 0.1) is 6.61 Å². The van der Waals surface area contributed by atoms with Crippen LogP contribution in [0, 0.1) is 0 Å². The van der Waals surface area contributed by atoms with Crippen LogP contribution in [0.4, 0.5) is 17.6 Å². The maximum atomic E-state index is 13.2. The number of rotatable bonds is 9. The van der Waals surface area contributed by atoms with Crippen LogP contribution in [0.5, 0.6) is 0 Å². The molecule has 0 atom stereocenters. The standard InChI is InChI=1S/C20H21ClF4N4O4/c1-28-7-11(6-14(21)18(28)33-10-20(24,25)19(22)23)8-29-9-13-12(17(29)32)2-3-26-15(13)16(31)27-4-5-30/h2-3,6,19,30H,4-5,7-10H2,1H3,(H,27,31). The van der Waals surface area contributed by atoms with Crippen LogP contribution in [0.3, 0.4) is 0 Å². The van der Waals surface area contributed by atoms with Crippen LogP contribution in [-0.2, 0) is 11.3 Å². The molecular weight excluding hydrogens is 472 g/mol. The van der Waals surface area contributed by atoms with Crippen molar-refractivity contribution < 1.29 is 37.0 Å². The number of fused-ring (bicyclic) bond motifs is 1. The van der Waals surface area contributed by atoms with Crippen LogP contribution < -0.4 is 5.32 Å². The molecule has 0 bridgehead atoms. The normalized spacial score (nSPS) is 16.4. The predicted molar refractivity (Wildman–Crippen MR) is 109 cm³/mol. The summed E-state index contributed by atoms with van der Waals surface area (Å²) in [7, 11) is 1.49. The summed E-state index contributed by atoms with van der Waals surface area (Å²) in [6, 6.07) is 1.50. The number of carbonyl (C=O) groups is 2. The lowest BCUT2D eigenvalue weighted by Gasteiger charge is -2.30. The number of halogens is 5. The maximum absolute atomic E-state index is 13.2. The molecule has 0 unspecified atom stereocenters. The van der Waals surface area contributed by atoms with Gasteiger partial charge in [-0.05, 0) is 17.7 Å². The van der Waals surface area contributed by atoms with Crippen molar-refractivity contribution in [1.29, 1.82) is 0 Å². The highest BCUT2D eigenvalue weighted by Crippen LogP contribution is 2.30. The predicted octanol–water partition coefficient (Wildman–Crippen LogP) is 1.96. The van der Waals surface area contributed by atoms with Crippen molar-refractivity contribution in [3.63, 3.8) is 0 Å². The number of hydrogen-bond donors (Lipinski definition) is 2. The summed E-state index contributed by atoms with van der Waals surface area (Å²) in [5.41, 5.74) is 1.49. The van der Waals surface area contributed by atoms with E-state index < -0.39 is 24.9 Å². The molecule has 0 saturated carbocycles. The number of hydrogen-bond acceptors (Lipinski definition) is 6. The van der Waals surface area contributed by atoms with Gasteiger partial charge < -0.3 is 25.0 Å². The monoisotopic (exact) mass is 492 g/mol. The molecule has 0 spiro atoms. The van der Waals surface area contributed by atoms with E-state index in [9.17, 15) is 27.2 Å². The van der Waals surface area contributed by atoms with Crippen LogP contribution in [0.15, 0.2) is 34.8 Å². The maximum Gasteiger partial charge on any atom is 0.340 e. The second-order valence-electron chi connectivity index (χ2n) is 7.49. The number of amides is 2. The molecule has 2 N–H and O–H groups in total. The van der Waals surface area contributed by atoms with Crippen molar-refractivity contribution in [2.45, 2.75) is 18.9 Å². The van der Waals surface area contributed by atoms with Gasteiger partial charge in [-0.15, -0.1) is 0 Å². The van der Waals surface area contributed by atoms with Crippen molar-refractivity contribution in [2.24, 2.45) is 0 Å². The van der Waals surface area contributed by atoms with Crippen LogP contribution in [-0.4, -0.2) is 83.9 Å². The first-order valence-electron chi connectivity index (χ1n) is 9.80. The lowest BCUT2D eigenvalue weighted by atomic mass is 10.1. The number of likely N-dealkylation sites (N-methyl/N-ethyl adjacent to an activating group) is 1. The van der Waals surface area contributed by atoms with Crippen LogP contribution in [0.1, 0.15) is 26.4 Å². The summed E-state index contributed by atoms with van der Waals surface area (Å²) >= 11 is 6.12. The number of aliphatic hydroxyl groups excluding tert-OH is 1. The zero-order chi connectivity index (χ0) is 24.3. The Bertz CT molecular complexity index is 1000. The summed E-state index contributed by atoms with van der Waals surface area (Å²) in [6.07, 6.45) is -1.09. The van der Waals surface area contributed by atoms with Crippen LogP contribution in [0.2, 0.25) is 0 Å². The van der Waals surface area contributed by atoms with Gasteiger partial charge in [0.15, 0.2) is 6.61 Å². The van der Waals surface area contributed by atoms with Crippen molar-refractivity contribution in [1.82, 2.24) is 20.1 Å². The van der Waals surface area contributed by atoms with Crippen molar-refractivity contribution in [3.05, 3.63) is 51.6 Å². The molecule has 180 valence electrons. The molecule has 3 heterocycles. The molecule has 2 aliphatic heterocycles. The van der Waals surface area contributed by atoms with E-state index in [0.717, 1.165) is 0 Å². The van der Waals surface area contributed by atoms with Gasteiger partial charge in [0.2, 0.25) is 5.88 Å². The second kappa shape index (κ2) is 9.96. The van der Waals surface area contributed by atoms with Gasteiger partial charge in [-0.3, -0.25) is 14.6 Å². The molecule has 0 aliphatic carbocycles. The zero-order valence-corrected chi connectivity index (χ0v) is 18.2. The highest BCUT2D eigenvalue weighted by atomic mass is 35.5. The SMILES string of the molecule is CN1CC(CN2Cc3c(ccnc3C(=O)NCCO)C2=O)=CC(Cl)=C1OCC(F)(F)C(F)F. The molecule has 0 fully saturated rings. The first-order chi connectivity index (χ1) is 15.5. The third-order valence-electron chi connectivity index (χ3n) is 4.97. The summed E-state index contributed by atoms with van der Waals surface area (Å²) in [4.78, 5) is 32.0. The van der Waals surface area contributed by atoms with Crippen molar-refractivity contribution in [2.75, 3.05) is 39.9 Å². The van der Waals surface area contributed by atoms with Gasteiger partial charge >= 0.3 is 12.3 Å². The number of aliphatic hydroxyl groups is 1. The first kappa shape index (κ1) is 24.8. The molecular formula is C20H21ClF4N4O4. The fraction of sp³-hybridized carbons (Fsp3) is 0.450. The van der Waals surface area contributed by atoms with E-state index in [2.05, 4.69) is 10.3 Å². The largest absolute Gasteiger partial charge is 0.471 e. The highest BCUT2D eigenvalue weighted by Gasteiger charge is 2.42. The Labute approximate surface area is 191 Å². The smallest absolute Gasteiger partial charge is 0.340 e. The Morgan fingerprint density at radius 3 is 2.76 bits per heavy atom. The number of ether oxygens (including phenoxy) is 1. The Morgan fingerprint density at radius 1 is 1.39 bits per heavy atom. The fourth-order valence-corrected chi connectivity index (χ4v) is 3.81. The quantitative estimate of drug-likeness (QED) is 0.512. The molecule has 0 saturated heterocycles. The Morgan fingerprint density at radius 2 is 2.12 bits per heavy atom. The third-order valence-corrected chi connectivity index (χ3v) is 5.24. The minimum atomic E-state index is -4.32. The first-order valence-corrected chi connectivity index (χ1v) is 10.2. The molecule has 1 aromatic rings. The Balaban J connectivity index is 1.73. The second-order valence-corrected chi connectivity index (χ2v) is 7.90. The number of nitrogens with one attached hydrogen (secondary N) is 1. The Kier molecular flexibility index (Phi) is 7.48. The highest BCUT2D eigenvalue weighted by molar-refractivity contribution is 6.31. The molecule has 0 aromatic carbocycles. The van der Waals surface area contributed by atoms with Gasteiger partial charge in [-0.1, -0.05) is 11.6 Å². The van der Waals surface area contributed by atoms with E-state index in [1.165, 1.54) is 35.2 Å². The van der Waals surface area contributed by atoms with Gasteiger partial charge in [-0.2, -0.15) is 8.78 Å². The topological polar surface area (TPSA) is 95.0 Å². The van der Waals surface area contributed by atoms with E-state index in [1.807, 2.05) is 0 Å². The molecule has 0 radical (unpaired) electrons. The lowest BCUT2D eigenvalue weighted by molar-refractivity contribution is -0.162. The van der Waals surface area contributed by atoms with E-state index in [0.29, 0.717) is 16.7 Å². The van der Waals surface area contributed by atoms with Gasteiger partial charge in [0, 0.05) is 50.6 Å². The number of aromatic nitrogens is 1. The number of pyridine rings is 1. The van der Waals surface area contributed by atoms with Crippen molar-refractivity contribution in [3.8, 4) is 0 Å². The van der Waals surface area contributed by atoms with Crippen LogP contribution >= 0.6 is 11.6 Å². The number of nitrogens with zero attached hydrogens (tertiary/aromatic N) is 3. The van der Waals surface area contributed by atoms with E-state index in [-0.39, 0.29) is 55.3 Å². The van der Waals surface area contributed by atoms with Crippen molar-refractivity contribution >= 4 is 23.4 Å². The number of allylic oxidation sites excluding steroid dienone is 2. The van der Waals surface area contributed by atoms with E-state index >= 15 is 0 Å². The number of alkyl halides is 4. The summed E-state index contributed by atoms with van der Waals surface area (Å²) in [5.74, 6) is -5.34. The van der Waals surface area contributed by atoms with Gasteiger partial charge in [0.25, 0.3) is 11.8 Å².